The third kappa shape index (κ3) is 3.28. The minimum Gasteiger partial charge on any atom is -0.352 e. The minimum atomic E-state index is -0.340. The van der Waals surface area contributed by atoms with E-state index in [2.05, 4.69) is 26.4 Å². The number of aromatic nitrogens is 2. The van der Waals surface area contributed by atoms with Crippen LogP contribution in [0.15, 0.2) is 28.8 Å². The van der Waals surface area contributed by atoms with E-state index in [0.29, 0.717) is 18.4 Å². The lowest BCUT2D eigenvalue weighted by Crippen LogP contribution is -2.21. The molecule has 1 amide bonds. The second kappa shape index (κ2) is 6.46. The lowest BCUT2D eigenvalue weighted by Gasteiger charge is -2.13. The van der Waals surface area contributed by atoms with Crippen molar-refractivity contribution in [2.45, 2.75) is 18.9 Å². The average molecular weight is 321 g/mol. The molecule has 1 saturated heterocycles. The van der Waals surface area contributed by atoms with Gasteiger partial charge in [0.25, 0.3) is 11.7 Å². The smallest absolute Gasteiger partial charge is 0.292 e. The van der Waals surface area contributed by atoms with Crippen LogP contribution in [0.3, 0.4) is 0 Å². The summed E-state index contributed by atoms with van der Waals surface area (Å²) in [5.74, 6) is 0.654. The molecule has 0 bridgehead atoms. The fraction of sp³-hybridized carbons (Fsp3) is 0.400. The Kier molecular flexibility index (Phi) is 4.40. The molecule has 0 unspecified atom stereocenters. The van der Waals surface area contributed by atoms with Crippen LogP contribution in [0.4, 0.5) is 0 Å². The number of benzene rings is 1. The molecule has 2 aromatic rings. The Balaban J connectivity index is 1.61. The number of hydrogen-bond acceptors (Lipinski definition) is 5. The van der Waals surface area contributed by atoms with E-state index in [0.717, 1.165) is 24.5 Å². The van der Waals surface area contributed by atoms with Gasteiger partial charge in [0.2, 0.25) is 5.89 Å². The fourth-order valence-electron chi connectivity index (χ4n) is 2.72. The first kappa shape index (κ1) is 15.0. The highest BCUT2D eigenvalue weighted by molar-refractivity contribution is 6.30. The molecule has 1 atom stereocenters. The van der Waals surface area contributed by atoms with Crippen molar-refractivity contribution in [3.05, 3.63) is 46.6 Å². The third-order valence-corrected chi connectivity index (χ3v) is 4.08. The molecule has 1 aromatic carbocycles. The highest BCUT2D eigenvalue weighted by Crippen LogP contribution is 2.29. The molecule has 2 heterocycles. The van der Waals surface area contributed by atoms with Crippen LogP contribution in [0.2, 0.25) is 5.02 Å². The predicted molar refractivity (Wildman–Crippen MR) is 81.8 cm³/mol. The Labute approximate surface area is 133 Å². The molecule has 1 aromatic heterocycles. The van der Waals surface area contributed by atoms with Crippen LogP contribution in [0.5, 0.6) is 0 Å². The van der Waals surface area contributed by atoms with Gasteiger partial charge in [0, 0.05) is 18.6 Å². The van der Waals surface area contributed by atoms with Crippen molar-refractivity contribution in [1.82, 2.24) is 20.4 Å². The zero-order chi connectivity index (χ0) is 15.5. The largest absolute Gasteiger partial charge is 0.352 e. The number of hydrogen-bond donors (Lipinski definition) is 1. The van der Waals surface area contributed by atoms with Gasteiger partial charge in [-0.3, -0.25) is 9.69 Å². The van der Waals surface area contributed by atoms with E-state index in [1.54, 1.807) is 0 Å². The highest BCUT2D eigenvalue weighted by atomic mass is 35.5. The van der Waals surface area contributed by atoms with E-state index in [9.17, 15) is 4.79 Å². The molecule has 6 nitrogen and oxygen atoms in total. The van der Waals surface area contributed by atoms with Gasteiger partial charge < -0.3 is 9.84 Å². The molecular weight excluding hydrogens is 304 g/mol. The van der Waals surface area contributed by atoms with Crippen molar-refractivity contribution in [2.24, 2.45) is 0 Å². The number of rotatable bonds is 4. The zero-order valence-corrected chi connectivity index (χ0v) is 13.0. The minimum absolute atomic E-state index is 0.0723. The first-order chi connectivity index (χ1) is 10.7. The van der Waals surface area contributed by atoms with E-state index in [1.165, 1.54) is 12.6 Å². The summed E-state index contributed by atoms with van der Waals surface area (Å²) >= 11 is 6.05. The molecule has 22 heavy (non-hydrogen) atoms. The second-order valence-corrected chi connectivity index (χ2v) is 5.80. The number of nitrogens with one attached hydrogen (secondary N) is 1. The van der Waals surface area contributed by atoms with Gasteiger partial charge in [-0.15, -0.1) is 0 Å². The maximum atomic E-state index is 11.4. The van der Waals surface area contributed by atoms with Gasteiger partial charge >= 0.3 is 0 Å². The van der Waals surface area contributed by atoms with Crippen molar-refractivity contribution in [2.75, 3.05) is 20.1 Å². The van der Waals surface area contributed by atoms with Gasteiger partial charge in [-0.2, -0.15) is 4.98 Å². The van der Waals surface area contributed by atoms with E-state index < -0.39 is 0 Å². The van der Waals surface area contributed by atoms with Gasteiger partial charge in [-0.1, -0.05) is 28.9 Å². The van der Waals surface area contributed by atoms with E-state index in [1.807, 2.05) is 18.2 Å². The topological polar surface area (TPSA) is 71.3 Å². The van der Waals surface area contributed by atoms with Crippen LogP contribution in [-0.2, 0) is 6.54 Å². The quantitative estimate of drug-likeness (QED) is 0.933. The Morgan fingerprint density at radius 3 is 3.18 bits per heavy atom. The standard InChI is InChI=1S/C15H17ClN4O2/c1-17-15(21)14-18-13(22-19-14)9-20-6-5-11(8-20)10-3-2-4-12(16)7-10/h2-4,7,11H,5-6,8-9H2,1H3,(H,17,21)/t11-/m0/s1. The van der Waals surface area contributed by atoms with Crippen LogP contribution in [-0.4, -0.2) is 41.1 Å². The number of likely N-dealkylation sites (tertiary alicyclic amines) is 1. The summed E-state index contributed by atoms with van der Waals surface area (Å²) in [4.78, 5) is 17.8. The Hall–Kier alpha value is -1.92. The van der Waals surface area contributed by atoms with Crippen LogP contribution >= 0.6 is 11.6 Å². The molecule has 1 aliphatic rings. The normalized spacial score (nSPS) is 18.5. The summed E-state index contributed by atoms with van der Waals surface area (Å²) in [5, 5.41) is 6.91. The molecule has 0 saturated carbocycles. The Morgan fingerprint density at radius 1 is 1.55 bits per heavy atom. The Bertz CT molecular complexity index is 673. The van der Waals surface area contributed by atoms with Crippen molar-refractivity contribution in [1.29, 1.82) is 0 Å². The maximum Gasteiger partial charge on any atom is 0.292 e. The molecule has 1 N–H and O–H groups in total. The molecule has 116 valence electrons. The third-order valence-electron chi connectivity index (χ3n) is 3.85. The summed E-state index contributed by atoms with van der Waals surface area (Å²) < 4.78 is 5.12. The first-order valence-corrected chi connectivity index (χ1v) is 7.56. The number of nitrogens with zero attached hydrogens (tertiary/aromatic N) is 3. The van der Waals surface area contributed by atoms with Crippen LogP contribution in [0.25, 0.3) is 0 Å². The fourth-order valence-corrected chi connectivity index (χ4v) is 2.92. The highest BCUT2D eigenvalue weighted by Gasteiger charge is 2.25. The van der Waals surface area contributed by atoms with Gasteiger partial charge in [0.1, 0.15) is 0 Å². The molecule has 0 radical (unpaired) electrons. The van der Waals surface area contributed by atoms with E-state index in [4.69, 9.17) is 16.1 Å². The van der Waals surface area contributed by atoms with Crippen molar-refractivity contribution in [3.63, 3.8) is 0 Å². The maximum absolute atomic E-state index is 11.4. The molecule has 0 spiro atoms. The number of carbonyl (C=O) groups is 1. The van der Waals surface area contributed by atoms with Gasteiger partial charge in [-0.25, -0.2) is 0 Å². The van der Waals surface area contributed by atoms with Crippen molar-refractivity contribution in [3.8, 4) is 0 Å². The molecule has 3 rings (SSSR count). The molecule has 0 aliphatic carbocycles. The summed E-state index contributed by atoms with van der Waals surface area (Å²) in [6, 6.07) is 7.99. The van der Waals surface area contributed by atoms with Gasteiger partial charge in [0.15, 0.2) is 0 Å². The molecular formula is C15H17ClN4O2. The van der Waals surface area contributed by atoms with Gasteiger partial charge in [-0.05, 0) is 36.6 Å². The first-order valence-electron chi connectivity index (χ1n) is 7.18. The SMILES string of the molecule is CNC(=O)c1noc(CN2CC[C@H](c3cccc(Cl)c3)C2)n1. The summed E-state index contributed by atoms with van der Waals surface area (Å²) in [5.41, 5.74) is 1.26. The van der Waals surface area contributed by atoms with Crippen LogP contribution in [0, 0.1) is 0 Å². The summed E-state index contributed by atoms with van der Waals surface area (Å²) in [6.45, 7) is 2.42. The average Bonchev–Trinajstić information content (AvgIpc) is 3.16. The van der Waals surface area contributed by atoms with Gasteiger partial charge in [0.05, 0.1) is 6.54 Å². The van der Waals surface area contributed by atoms with E-state index >= 15 is 0 Å². The molecule has 1 aliphatic heterocycles. The van der Waals surface area contributed by atoms with E-state index in [-0.39, 0.29) is 11.7 Å². The second-order valence-electron chi connectivity index (χ2n) is 5.37. The number of carbonyl (C=O) groups excluding carboxylic acids is 1. The number of halogens is 1. The predicted octanol–water partition coefficient (Wildman–Crippen LogP) is 2.07. The zero-order valence-electron chi connectivity index (χ0n) is 12.3. The van der Waals surface area contributed by atoms with Crippen molar-refractivity contribution >= 4 is 17.5 Å². The van der Waals surface area contributed by atoms with Crippen molar-refractivity contribution < 1.29 is 9.32 Å². The summed E-state index contributed by atoms with van der Waals surface area (Å²) in [6.07, 6.45) is 1.07. The monoisotopic (exact) mass is 320 g/mol. The van der Waals surface area contributed by atoms with Crippen LogP contribution in [0.1, 0.15) is 34.4 Å². The summed E-state index contributed by atoms with van der Waals surface area (Å²) in [7, 11) is 1.54. The molecule has 7 heteroatoms. The lowest BCUT2D eigenvalue weighted by molar-refractivity contribution is 0.0950. The van der Waals surface area contributed by atoms with Crippen LogP contribution < -0.4 is 5.32 Å². The molecule has 1 fully saturated rings. The number of amides is 1. The lowest BCUT2D eigenvalue weighted by atomic mass is 9.99. The Morgan fingerprint density at radius 2 is 2.41 bits per heavy atom.